The van der Waals surface area contributed by atoms with Gasteiger partial charge in [0.15, 0.2) is 11.5 Å². The Hall–Kier alpha value is -2.05. The minimum atomic E-state index is 0.132. The maximum atomic E-state index is 5.56. The van der Waals surface area contributed by atoms with Crippen LogP contribution in [0.25, 0.3) is 0 Å². The number of rotatable bonds is 5. The van der Waals surface area contributed by atoms with Gasteiger partial charge in [-0.2, -0.15) is 5.10 Å². The highest BCUT2D eigenvalue weighted by molar-refractivity contribution is 9.10. The van der Waals surface area contributed by atoms with E-state index in [9.17, 15) is 0 Å². The van der Waals surface area contributed by atoms with Crippen molar-refractivity contribution in [3.05, 3.63) is 58.1 Å². The molecule has 0 radical (unpaired) electrons. The summed E-state index contributed by atoms with van der Waals surface area (Å²) >= 11 is 3.72. The molecule has 2 atom stereocenters. The Morgan fingerprint density at radius 2 is 1.96 bits per heavy atom. The third-order valence-electron chi connectivity index (χ3n) is 5.42. The van der Waals surface area contributed by atoms with E-state index >= 15 is 0 Å². The summed E-state index contributed by atoms with van der Waals surface area (Å²) < 4.78 is 11.9. The number of hydrogen-bond acceptors (Lipinski definition) is 5. The van der Waals surface area contributed by atoms with E-state index in [1.54, 1.807) is 14.2 Å². The van der Waals surface area contributed by atoms with Gasteiger partial charge in [0.1, 0.15) is 0 Å². The van der Waals surface area contributed by atoms with Gasteiger partial charge < -0.3 is 14.9 Å². The van der Waals surface area contributed by atoms with E-state index in [0.717, 1.165) is 47.6 Å². The van der Waals surface area contributed by atoms with Crippen molar-refractivity contribution in [2.45, 2.75) is 19.0 Å². The second kappa shape index (κ2) is 7.90. The van der Waals surface area contributed by atoms with Crippen LogP contribution in [0.1, 0.15) is 23.6 Å². The third-order valence-corrected chi connectivity index (χ3v) is 6.23. The number of methoxy groups -OCH3 is 2. The Morgan fingerprint density at radius 3 is 2.70 bits per heavy atom. The van der Waals surface area contributed by atoms with E-state index < -0.39 is 0 Å². The minimum absolute atomic E-state index is 0.132. The zero-order valence-corrected chi connectivity index (χ0v) is 17.2. The van der Waals surface area contributed by atoms with Crippen LogP contribution in [-0.2, 0) is 6.54 Å². The van der Waals surface area contributed by atoms with Gasteiger partial charge in [0.05, 0.1) is 24.7 Å². The number of hydrazone groups is 1. The van der Waals surface area contributed by atoms with Gasteiger partial charge in [0.2, 0.25) is 0 Å². The number of piperidine rings is 1. The van der Waals surface area contributed by atoms with E-state index in [-0.39, 0.29) is 6.04 Å². The molecule has 5 nitrogen and oxygen atoms in total. The second-order valence-electron chi connectivity index (χ2n) is 6.99. The highest BCUT2D eigenvalue weighted by Gasteiger charge is 2.38. The molecule has 2 aliphatic rings. The van der Waals surface area contributed by atoms with Crippen LogP contribution in [0, 0.1) is 5.92 Å². The second-order valence-corrected chi connectivity index (χ2v) is 7.78. The molecule has 0 amide bonds. The largest absolute Gasteiger partial charge is 0.493 e. The molecule has 0 aromatic heterocycles. The zero-order chi connectivity index (χ0) is 18.8. The molecule has 0 spiro atoms. The van der Waals surface area contributed by atoms with Crippen molar-refractivity contribution in [2.75, 3.05) is 27.3 Å². The predicted molar refractivity (Wildman–Crippen MR) is 110 cm³/mol. The number of nitrogens with zero attached hydrogens (tertiary/aromatic N) is 2. The number of likely N-dealkylation sites (tertiary alicyclic amines) is 1. The highest BCUT2D eigenvalue weighted by Crippen LogP contribution is 2.43. The molecule has 1 saturated heterocycles. The van der Waals surface area contributed by atoms with Gasteiger partial charge in [-0.3, -0.25) is 4.90 Å². The standard InChI is InChI=1S/C21H24BrN3O2/c1-26-18-9-8-15(19(22)21(18)27-2)20-16-13-25(11-10-17(16)23-24-20)12-14-6-4-3-5-7-14/h3-9,16,20,24H,10-13H2,1-2H3. The van der Waals surface area contributed by atoms with E-state index in [0.29, 0.717) is 5.92 Å². The van der Waals surface area contributed by atoms with Crippen molar-refractivity contribution < 1.29 is 9.47 Å². The Bertz CT molecular complexity index is 841. The molecule has 142 valence electrons. The first-order valence-corrected chi connectivity index (χ1v) is 9.99. The summed E-state index contributed by atoms with van der Waals surface area (Å²) in [6.07, 6.45) is 1.01. The van der Waals surface area contributed by atoms with Crippen LogP contribution in [0.4, 0.5) is 0 Å². The first-order valence-electron chi connectivity index (χ1n) is 9.20. The monoisotopic (exact) mass is 429 g/mol. The lowest BCUT2D eigenvalue weighted by atomic mass is 9.86. The lowest BCUT2D eigenvalue weighted by Gasteiger charge is -2.34. The van der Waals surface area contributed by atoms with Crippen molar-refractivity contribution in [3.8, 4) is 11.5 Å². The summed E-state index contributed by atoms with van der Waals surface area (Å²) in [5.74, 6) is 1.81. The molecular weight excluding hydrogens is 406 g/mol. The summed E-state index contributed by atoms with van der Waals surface area (Å²) in [5, 5.41) is 4.64. The van der Waals surface area contributed by atoms with Crippen molar-refractivity contribution in [3.63, 3.8) is 0 Å². The summed E-state index contributed by atoms with van der Waals surface area (Å²) in [5.41, 5.74) is 7.14. The molecule has 2 aromatic carbocycles. The average Bonchev–Trinajstić information content (AvgIpc) is 3.11. The molecule has 6 heteroatoms. The lowest BCUT2D eigenvalue weighted by Crippen LogP contribution is -2.41. The van der Waals surface area contributed by atoms with Gasteiger partial charge >= 0.3 is 0 Å². The molecule has 2 unspecified atom stereocenters. The first kappa shape index (κ1) is 18.3. The number of nitrogens with one attached hydrogen (secondary N) is 1. The van der Waals surface area contributed by atoms with Gasteiger partial charge in [0, 0.05) is 37.7 Å². The molecule has 2 aromatic rings. The van der Waals surface area contributed by atoms with Crippen LogP contribution in [0.15, 0.2) is 52.0 Å². The molecule has 1 fully saturated rings. The van der Waals surface area contributed by atoms with Crippen LogP contribution >= 0.6 is 15.9 Å². The quantitative estimate of drug-likeness (QED) is 0.780. The summed E-state index contributed by atoms with van der Waals surface area (Å²) in [7, 11) is 3.32. The molecule has 0 bridgehead atoms. The lowest BCUT2D eigenvalue weighted by molar-refractivity contribution is 0.220. The summed E-state index contributed by atoms with van der Waals surface area (Å²) in [4.78, 5) is 2.52. The van der Waals surface area contributed by atoms with Gasteiger partial charge in [-0.25, -0.2) is 0 Å². The highest BCUT2D eigenvalue weighted by atomic mass is 79.9. The van der Waals surface area contributed by atoms with Gasteiger partial charge in [-0.05, 0) is 33.1 Å². The van der Waals surface area contributed by atoms with E-state index in [4.69, 9.17) is 9.47 Å². The normalized spacial score (nSPS) is 22.0. The van der Waals surface area contributed by atoms with Crippen LogP contribution in [0.2, 0.25) is 0 Å². The fourth-order valence-corrected chi connectivity index (χ4v) is 4.76. The molecular formula is C21H24BrN3O2. The number of halogens is 1. The van der Waals surface area contributed by atoms with Crippen molar-refractivity contribution in [1.82, 2.24) is 10.3 Å². The maximum absolute atomic E-state index is 5.56. The van der Waals surface area contributed by atoms with Crippen molar-refractivity contribution in [1.29, 1.82) is 0 Å². The molecule has 1 N–H and O–H groups in total. The van der Waals surface area contributed by atoms with Gasteiger partial charge in [-0.15, -0.1) is 0 Å². The van der Waals surface area contributed by atoms with Crippen LogP contribution in [-0.4, -0.2) is 37.9 Å². The van der Waals surface area contributed by atoms with E-state index in [2.05, 4.69) is 67.8 Å². The number of benzene rings is 2. The molecule has 2 aliphatic heterocycles. The summed E-state index contributed by atoms with van der Waals surface area (Å²) in [6.45, 7) is 3.02. The number of ether oxygens (including phenoxy) is 2. The van der Waals surface area contributed by atoms with Crippen LogP contribution < -0.4 is 14.9 Å². The van der Waals surface area contributed by atoms with Crippen LogP contribution in [0.3, 0.4) is 0 Å². The van der Waals surface area contributed by atoms with Crippen molar-refractivity contribution in [2.24, 2.45) is 11.0 Å². The molecule has 27 heavy (non-hydrogen) atoms. The summed E-state index contributed by atoms with van der Waals surface area (Å²) in [6, 6.07) is 14.8. The Balaban J connectivity index is 1.56. The topological polar surface area (TPSA) is 46.1 Å². The molecule has 0 aliphatic carbocycles. The molecule has 4 rings (SSSR count). The minimum Gasteiger partial charge on any atom is -0.493 e. The Morgan fingerprint density at radius 1 is 1.15 bits per heavy atom. The predicted octanol–water partition coefficient (Wildman–Crippen LogP) is 3.99. The van der Waals surface area contributed by atoms with Gasteiger partial charge in [-0.1, -0.05) is 36.4 Å². The number of hydrogen-bond donors (Lipinski definition) is 1. The molecule has 0 saturated carbocycles. The average molecular weight is 430 g/mol. The third kappa shape index (κ3) is 3.56. The smallest absolute Gasteiger partial charge is 0.175 e. The number of fused-ring (bicyclic) bond motifs is 1. The van der Waals surface area contributed by atoms with Crippen LogP contribution in [0.5, 0.6) is 11.5 Å². The zero-order valence-electron chi connectivity index (χ0n) is 15.6. The molecule has 2 heterocycles. The fraction of sp³-hybridized carbons (Fsp3) is 0.381. The Labute approximate surface area is 168 Å². The maximum Gasteiger partial charge on any atom is 0.175 e. The van der Waals surface area contributed by atoms with E-state index in [1.807, 2.05) is 6.07 Å². The van der Waals surface area contributed by atoms with E-state index in [1.165, 1.54) is 11.3 Å². The Kier molecular flexibility index (Phi) is 5.36. The van der Waals surface area contributed by atoms with Crippen molar-refractivity contribution >= 4 is 21.6 Å². The SMILES string of the molecule is COc1ccc(C2NN=C3CCN(Cc4ccccc4)CC32)c(Br)c1OC. The first-order chi connectivity index (χ1) is 13.2. The fourth-order valence-electron chi connectivity index (χ4n) is 4.03. The van der Waals surface area contributed by atoms with Gasteiger partial charge in [0.25, 0.3) is 0 Å².